The fraction of sp³-hybridized carbons (Fsp3) is 0. The van der Waals surface area contributed by atoms with Crippen molar-refractivity contribution in [2.24, 2.45) is 0 Å². The Hall–Kier alpha value is -7.42. The molecule has 0 aliphatic rings. The summed E-state index contributed by atoms with van der Waals surface area (Å²) in [6.45, 7) is 0. The third-order valence-electron chi connectivity index (χ3n) is 11.2. The Morgan fingerprint density at radius 1 is 0.286 bits per heavy atom. The first kappa shape index (κ1) is 32.0. The first-order valence-corrected chi connectivity index (χ1v) is 19.2. The minimum atomic E-state index is 0.905. The quantitative estimate of drug-likeness (QED) is 0.171. The van der Waals surface area contributed by atoms with Crippen molar-refractivity contribution < 1.29 is 4.42 Å². The summed E-state index contributed by atoms with van der Waals surface area (Å²) in [5.74, 6) is 0. The second kappa shape index (κ2) is 13.2. The Labute approximate surface area is 325 Å². The minimum absolute atomic E-state index is 0.905. The summed E-state index contributed by atoms with van der Waals surface area (Å²) in [5, 5.41) is 9.49. The molecule has 0 atom stereocenters. The van der Waals surface area contributed by atoms with Gasteiger partial charge in [0, 0.05) is 33.2 Å². The molecule has 0 saturated carbocycles. The van der Waals surface area contributed by atoms with Gasteiger partial charge >= 0.3 is 0 Å². The fourth-order valence-electron chi connectivity index (χ4n) is 8.62. The zero-order valence-corrected chi connectivity index (χ0v) is 30.6. The van der Waals surface area contributed by atoms with Gasteiger partial charge in [-0.25, -0.2) is 0 Å². The van der Waals surface area contributed by atoms with Crippen molar-refractivity contribution in [2.75, 3.05) is 4.90 Å². The maximum Gasteiger partial charge on any atom is 0.143 e. The number of furan rings is 1. The van der Waals surface area contributed by atoms with Crippen LogP contribution >= 0.6 is 0 Å². The number of anilines is 3. The van der Waals surface area contributed by atoms with Crippen molar-refractivity contribution in [3.63, 3.8) is 0 Å². The first-order chi connectivity index (χ1) is 27.8. The van der Waals surface area contributed by atoms with E-state index in [1.807, 2.05) is 6.07 Å². The highest BCUT2D eigenvalue weighted by molar-refractivity contribution is 6.19. The summed E-state index contributed by atoms with van der Waals surface area (Å²) in [4.78, 5) is 2.40. The SMILES string of the molecule is c1cc(-c2cccc3ccccc23)cc(N(c2cccc(-c3cccc4ccccc34)c2)c2cccc(-c3cc4c5ccccc5oc4c4ccccc34)c2)c1. The fourth-order valence-corrected chi connectivity index (χ4v) is 8.62. The molecule has 1 heterocycles. The van der Waals surface area contributed by atoms with Crippen LogP contribution in [0.4, 0.5) is 17.1 Å². The lowest BCUT2D eigenvalue weighted by atomic mass is 9.94. The molecule has 56 heavy (non-hydrogen) atoms. The molecule has 2 nitrogen and oxygen atoms in total. The summed E-state index contributed by atoms with van der Waals surface area (Å²) in [6, 6.07) is 76.6. The largest absolute Gasteiger partial charge is 0.455 e. The van der Waals surface area contributed by atoms with E-state index in [-0.39, 0.29) is 0 Å². The molecule has 10 aromatic carbocycles. The van der Waals surface area contributed by atoms with Gasteiger partial charge in [0.1, 0.15) is 11.2 Å². The Bertz CT molecular complexity index is 3150. The van der Waals surface area contributed by atoms with E-state index >= 15 is 0 Å². The predicted molar refractivity (Wildman–Crippen MR) is 237 cm³/mol. The second-order valence-electron chi connectivity index (χ2n) is 14.5. The molecular weight excluding hydrogens is 679 g/mol. The van der Waals surface area contributed by atoms with Crippen LogP contribution in [-0.2, 0) is 0 Å². The maximum absolute atomic E-state index is 6.47. The highest BCUT2D eigenvalue weighted by Crippen LogP contribution is 2.44. The van der Waals surface area contributed by atoms with Gasteiger partial charge in [-0.2, -0.15) is 0 Å². The number of benzene rings is 10. The molecule has 0 radical (unpaired) electrons. The average molecular weight is 714 g/mol. The standard InChI is InChI=1S/C54H35NO/c1-3-24-44-36(14-1)16-12-29-46(44)38-18-9-21-41(32-38)55(42-22-10-19-39(33-42)47-30-13-17-37-15-2-4-25-45(37)47)43-23-11-20-40(34-43)51-35-52-49-27-7-8-31-53(49)56-54(52)50-28-6-5-26-48(50)51/h1-35H. The van der Waals surface area contributed by atoms with Crippen LogP contribution < -0.4 is 4.90 Å². The van der Waals surface area contributed by atoms with Crippen LogP contribution in [-0.4, -0.2) is 0 Å². The summed E-state index contributed by atoms with van der Waals surface area (Å²) in [7, 11) is 0. The smallest absolute Gasteiger partial charge is 0.143 e. The molecule has 0 aliphatic carbocycles. The van der Waals surface area contributed by atoms with E-state index in [2.05, 4.69) is 211 Å². The molecule has 0 amide bonds. The van der Waals surface area contributed by atoms with Crippen molar-refractivity contribution in [2.45, 2.75) is 0 Å². The molecule has 11 aromatic rings. The van der Waals surface area contributed by atoms with E-state index < -0.39 is 0 Å². The molecule has 0 N–H and O–H groups in total. The molecular formula is C54H35NO. The zero-order chi connectivity index (χ0) is 37.0. The number of hydrogen-bond donors (Lipinski definition) is 0. The van der Waals surface area contributed by atoms with Gasteiger partial charge in [-0.05, 0) is 109 Å². The van der Waals surface area contributed by atoms with Gasteiger partial charge in [0.25, 0.3) is 0 Å². The number of para-hydroxylation sites is 1. The molecule has 2 heteroatoms. The monoisotopic (exact) mass is 713 g/mol. The first-order valence-electron chi connectivity index (χ1n) is 19.2. The van der Waals surface area contributed by atoms with Crippen molar-refractivity contribution >= 4 is 71.3 Å². The van der Waals surface area contributed by atoms with Gasteiger partial charge in [-0.1, -0.05) is 164 Å². The van der Waals surface area contributed by atoms with Crippen LogP contribution in [0.3, 0.4) is 0 Å². The lowest BCUT2D eigenvalue weighted by molar-refractivity contribution is 0.672. The summed E-state index contributed by atoms with van der Waals surface area (Å²) in [6.07, 6.45) is 0. The van der Waals surface area contributed by atoms with Crippen LogP contribution in [0.15, 0.2) is 217 Å². The van der Waals surface area contributed by atoms with Crippen LogP contribution in [0.2, 0.25) is 0 Å². The summed E-state index contributed by atoms with van der Waals surface area (Å²) >= 11 is 0. The predicted octanol–water partition coefficient (Wildman–Crippen LogP) is 15.5. The molecule has 11 rings (SSSR count). The molecule has 1 aromatic heterocycles. The average Bonchev–Trinajstić information content (AvgIpc) is 3.65. The van der Waals surface area contributed by atoms with E-state index in [4.69, 9.17) is 4.42 Å². The topological polar surface area (TPSA) is 16.4 Å². The molecule has 262 valence electrons. The van der Waals surface area contributed by atoms with Crippen LogP contribution in [0.5, 0.6) is 0 Å². The Morgan fingerprint density at radius 3 is 1.29 bits per heavy atom. The van der Waals surface area contributed by atoms with Gasteiger partial charge in [0.2, 0.25) is 0 Å². The van der Waals surface area contributed by atoms with E-state index in [0.717, 1.165) is 50.0 Å². The van der Waals surface area contributed by atoms with Gasteiger partial charge < -0.3 is 9.32 Å². The van der Waals surface area contributed by atoms with E-state index in [1.165, 1.54) is 54.7 Å². The third-order valence-corrected chi connectivity index (χ3v) is 11.2. The number of rotatable bonds is 6. The van der Waals surface area contributed by atoms with Gasteiger partial charge in [-0.3, -0.25) is 0 Å². The van der Waals surface area contributed by atoms with Gasteiger partial charge in [-0.15, -0.1) is 0 Å². The van der Waals surface area contributed by atoms with E-state index in [9.17, 15) is 0 Å². The number of nitrogens with zero attached hydrogens (tertiary/aromatic N) is 1. The molecule has 0 spiro atoms. The normalized spacial score (nSPS) is 11.6. The van der Waals surface area contributed by atoms with Crippen molar-refractivity contribution in [3.8, 4) is 33.4 Å². The maximum atomic E-state index is 6.47. The molecule has 0 unspecified atom stereocenters. The van der Waals surface area contributed by atoms with E-state index in [0.29, 0.717) is 0 Å². The van der Waals surface area contributed by atoms with Crippen molar-refractivity contribution in [1.82, 2.24) is 0 Å². The zero-order valence-electron chi connectivity index (χ0n) is 30.6. The van der Waals surface area contributed by atoms with Crippen LogP contribution in [0.1, 0.15) is 0 Å². The van der Waals surface area contributed by atoms with Crippen LogP contribution in [0, 0.1) is 0 Å². The number of hydrogen-bond acceptors (Lipinski definition) is 2. The third kappa shape index (κ3) is 5.34. The molecule has 0 saturated heterocycles. The highest BCUT2D eigenvalue weighted by Gasteiger charge is 2.19. The summed E-state index contributed by atoms with van der Waals surface area (Å²) < 4.78 is 6.47. The van der Waals surface area contributed by atoms with Crippen LogP contribution in [0.25, 0.3) is 87.6 Å². The minimum Gasteiger partial charge on any atom is -0.455 e. The molecule has 0 aliphatic heterocycles. The van der Waals surface area contributed by atoms with Gasteiger partial charge in [0.15, 0.2) is 0 Å². The lowest BCUT2D eigenvalue weighted by Gasteiger charge is -2.27. The molecule has 0 bridgehead atoms. The van der Waals surface area contributed by atoms with Crippen molar-refractivity contribution in [1.29, 1.82) is 0 Å². The van der Waals surface area contributed by atoms with E-state index in [1.54, 1.807) is 0 Å². The Balaban J connectivity index is 1.12. The number of fused-ring (bicyclic) bond motifs is 7. The second-order valence-corrected chi connectivity index (χ2v) is 14.5. The lowest BCUT2D eigenvalue weighted by Crippen LogP contribution is -2.10. The Morgan fingerprint density at radius 2 is 0.714 bits per heavy atom. The summed E-state index contributed by atoms with van der Waals surface area (Å²) in [5.41, 5.74) is 12.2. The van der Waals surface area contributed by atoms with Gasteiger partial charge in [0.05, 0.1) is 0 Å². The molecule has 0 fully saturated rings. The Kier molecular flexibility index (Phi) is 7.53. The van der Waals surface area contributed by atoms with Crippen molar-refractivity contribution in [3.05, 3.63) is 212 Å². The highest BCUT2D eigenvalue weighted by atomic mass is 16.3.